The summed E-state index contributed by atoms with van der Waals surface area (Å²) in [5.74, 6) is -0.355. The largest absolute Gasteiger partial charge is 0.390 e. The molecule has 2 nitrogen and oxygen atoms in total. The summed E-state index contributed by atoms with van der Waals surface area (Å²) in [6, 6.07) is 5.01. The predicted molar refractivity (Wildman–Crippen MR) is 66.8 cm³/mol. The molecule has 94 valence electrons. The fraction of sp³-hybridized carbons (Fsp3) is 0.538. The van der Waals surface area contributed by atoms with Crippen molar-refractivity contribution in [2.24, 2.45) is 0 Å². The van der Waals surface area contributed by atoms with Crippen LogP contribution in [0.15, 0.2) is 18.2 Å². The second kappa shape index (κ2) is 5.34. The van der Waals surface area contributed by atoms with E-state index in [2.05, 4.69) is 5.32 Å². The summed E-state index contributed by atoms with van der Waals surface area (Å²) < 4.78 is 13.7. The third kappa shape index (κ3) is 3.18. The van der Waals surface area contributed by atoms with Gasteiger partial charge in [0.15, 0.2) is 0 Å². The minimum absolute atomic E-state index is 0.153. The molecule has 2 N–H and O–H groups in total. The lowest BCUT2D eigenvalue weighted by Crippen LogP contribution is -2.42. The summed E-state index contributed by atoms with van der Waals surface area (Å²) >= 11 is 5.72. The van der Waals surface area contributed by atoms with E-state index in [4.69, 9.17) is 11.6 Å². The average molecular weight is 258 g/mol. The van der Waals surface area contributed by atoms with Crippen molar-refractivity contribution in [2.75, 3.05) is 13.1 Å². The van der Waals surface area contributed by atoms with Gasteiger partial charge in [-0.15, -0.1) is 0 Å². The molecular weight excluding hydrogens is 241 g/mol. The first-order valence-electron chi connectivity index (χ1n) is 5.97. The first kappa shape index (κ1) is 12.8. The molecule has 0 bridgehead atoms. The number of halogens is 2. The van der Waals surface area contributed by atoms with E-state index >= 15 is 0 Å². The predicted octanol–water partition coefficient (Wildman–Crippen LogP) is 2.53. The van der Waals surface area contributed by atoms with Gasteiger partial charge in [0.05, 0.1) is 10.6 Å². The lowest BCUT2D eigenvalue weighted by molar-refractivity contribution is 0.00267. The zero-order valence-electron chi connectivity index (χ0n) is 9.68. The highest BCUT2D eigenvalue weighted by atomic mass is 35.5. The Hall–Kier alpha value is -0.640. The summed E-state index contributed by atoms with van der Waals surface area (Å²) in [5, 5.41) is 13.7. The number of aliphatic hydroxyl groups is 1. The van der Waals surface area contributed by atoms with E-state index in [0.29, 0.717) is 18.4 Å². The average Bonchev–Trinajstić information content (AvgIpc) is 2.32. The van der Waals surface area contributed by atoms with E-state index < -0.39 is 5.60 Å². The van der Waals surface area contributed by atoms with Crippen molar-refractivity contribution in [2.45, 2.75) is 31.3 Å². The number of piperidine rings is 1. The number of nitrogens with one attached hydrogen (secondary N) is 1. The highest BCUT2D eigenvalue weighted by Crippen LogP contribution is 2.26. The summed E-state index contributed by atoms with van der Waals surface area (Å²) in [4.78, 5) is 0. The smallest absolute Gasteiger partial charge is 0.144 e. The molecule has 1 saturated heterocycles. The molecule has 2 rings (SSSR count). The molecular formula is C13H17ClFNO. The summed E-state index contributed by atoms with van der Waals surface area (Å²) in [6.45, 7) is 1.66. The highest BCUT2D eigenvalue weighted by molar-refractivity contribution is 6.30. The van der Waals surface area contributed by atoms with Crippen molar-refractivity contribution in [3.8, 4) is 0 Å². The van der Waals surface area contributed by atoms with Crippen LogP contribution in [0.4, 0.5) is 4.39 Å². The Morgan fingerprint density at radius 1 is 1.35 bits per heavy atom. The van der Waals surface area contributed by atoms with Crippen LogP contribution < -0.4 is 5.32 Å². The SMILES string of the molecule is OC1(CCc2cccc(Cl)c2F)CCNCC1. The molecule has 0 saturated carbocycles. The molecule has 4 heteroatoms. The van der Waals surface area contributed by atoms with Crippen LogP contribution in [0, 0.1) is 5.82 Å². The molecule has 1 aromatic carbocycles. The molecule has 0 atom stereocenters. The van der Waals surface area contributed by atoms with E-state index in [0.717, 1.165) is 25.9 Å². The van der Waals surface area contributed by atoms with Gasteiger partial charge >= 0.3 is 0 Å². The van der Waals surface area contributed by atoms with Gasteiger partial charge < -0.3 is 10.4 Å². The van der Waals surface area contributed by atoms with Gasteiger partial charge in [-0.25, -0.2) is 4.39 Å². The maximum Gasteiger partial charge on any atom is 0.144 e. The molecule has 0 aromatic heterocycles. The van der Waals surface area contributed by atoms with Crippen LogP contribution in [0.1, 0.15) is 24.8 Å². The normalized spacial score (nSPS) is 19.2. The Kier molecular flexibility index (Phi) is 4.02. The first-order chi connectivity index (χ1) is 8.11. The molecule has 0 radical (unpaired) electrons. The van der Waals surface area contributed by atoms with Crippen molar-refractivity contribution in [1.82, 2.24) is 5.32 Å². The fourth-order valence-electron chi connectivity index (χ4n) is 2.25. The van der Waals surface area contributed by atoms with Gasteiger partial charge in [0.25, 0.3) is 0 Å². The summed E-state index contributed by atoms with van der Waals surface area (Å²) in [5.41, 5.74) is -0.0653. The Morgan fingerprint density at radius 3 is 2.76 bits per heavy atom. The van der Waals surface area contributed by atoms with Gasteiger partial charge in [0.1, 0.15) is 5.82 Å². The van der Waals surface area contributed by atoms with Crippen molar-refractivity contribution in [1.29, 1.82) is 0 Å². The Labute approximate surface area is 106 Å². The van der Waals surface area contributed by atoms with Crippen molar-refractivity contribution in [3.05, 3.63) is 34.6 Å². The van der Waals surface area contributed by atoms with Crippen LogP contribution in [-0.2, 0) is 6.42 Å². The summed E-state index contributed by atoms with van der Waals surface area (Å²) in [7, 11) is 0. The third-order valence-corrected chi connectivity index (χ3v) is 3.72. The number of rotatable bonds is 3. The zero-order valence-corrected chi connectivity index (χ0v) is 10.4. The van der Waals surface area contributed by atoms with Gasteiger partial charge in [-0.2, -0.15) is 0 Å². The van der Waals surface area contributed by atoms with Crippen molar-refractivity contribution >= 4 is 11.6 Å². The van der Waals surface area contributed by atoms with Crippen molar-refractivity contribution < 1.29 is 9.50 Å². The highest BCUT2D eigenvalue weighted by Gasteiger charge is 2.28. The molecule has 0 unspecified atom stereocenters. The number of hydrogen-bond donors (Lipinski definition) is 2. The molecule has 1 fully saturated rings. The van der Waals surface area contributed by atoms with E-state index in [9.17, 15) is 9.50 Å². The lowest BCUT2D eigenvalue weighted by Gasteiger charge is -2.32. The lowest BCUT2D eigenvalue weighted by atomic mass is 9.86. The molecule has 1 aliphatic rings. The van der Waals surface area contributed by atoms with E-state index in [1.807, 2.05) is 0 Å². The zero-order chi connectivity index (χ0) is 12.3. The molecule has 17 heavy (non-hydrogen) atoms. The molecule has 1 aromatic rings. The standard InChI is InChI=1S/C13H17ClFNO/c14-11-3-1-2-10(12(11)15)4-5-13(17)6-8-16-9-7-13/h1-3,16-17H,4-9H2. The van der Waals surface area contributed by atoms with E-state index in [1.165, 1.54) is 0 Å². The number of hydrogen-bond acceptors (Lipinski definition) is 2. The van der Waals surface area contributed by atoms with Crippen LogP contribution >= 0.6 is 11.6 Å². The maximum absolute atomic E-state index is 13.7. The molecule has 1 heterocycles. The van der Waals surface area contributed by atoms with Crippen molar-refractivity contribution in [3.63, 3.8) is 0 Å². The second-order valence-electron chi connectivity index (χ2n) is 4.69. The van der Waals surface area contributed by atoms with Crippen LogP contribution in [0.5, 0.6) is 0 Å². The quantitative estimate of drug-likeness (QED) is 0.872. The van der Waals surface area contributed by atoms with Crippen LogP contribution in [0.25, 0.3) is 0 Å². The van der Waals surface area contributed by atoms with E-state index in [-0.39, 0.29) is 10.8 Å². The molecule has 0 amide bonds. The second-order valence-corrected chi connectivity index (χ2v) is 5.09. The molecule has 1 aliphatic heterocycles. The van der Waals surface area contributed by atoms with E-state index in [1.54, 1.807) is 18.2 Å². The Morgan fingerprint density at radius 2 is 2.06 bits per heavy atom. The molecule has 0 spiro atoms. The van der Waals surface area contributed by atoms with Crippen LogP contribution in [0.2, 0.25) is 5.02 Å². The van der Waals surface area contributed by atoms with Gasteiger partial charge in [-0.1, -0.05) is 23.7 Å². The minimum Gasteiger partial charge on any atom is -0.390 e. The summed E-state index contributed by atoms with van der Waals surface area (Å²) in [6.07, 6.45) is 2.58. The van der Waals surface area contributed by atoms with Gasteiger partial charge in [-0.3, -0.25) is 0 Å². The Bertz CT molecular complexity index is 391. The third-order valence-electron chi connectivity index (χ3n) is 3.43. The van der Waals surface area contributed by atoms with Gasteiger partial charge in [-0.05, 0) is 50.4 Å². The Balaban J connectivity index is 1.99. The van der Waals surface area contributed by atoms with Crippen LogP contribution in [0.3, 0.4) is 0 Å². The monoisotopic (exact) mass is 257 g/mol. The van der Waals surface area contributed by atoms with Gasteiger partial charge in [0.2, 0.25) is 0 Å². The number of benzene rings is 1. The number of aryl methyl sites for hydroxylation is 1. The topological polar surface area (TPSA) is 32.3 Å². The minimum atomic E-state index is -0.653. The van der Waals surface area contributed by atoms with Gasteiger partial charge in [0, 0.05) is 0 Å². The first-order valence-corrected chi connectivity index (χ1v) is 6.34. The molecule has 0 aliphatic carbocycles. The fourth-order valence-corrected chi connectivity index (χ4v) is 2.45. The van der Waals surface area contributed by atoms with Crippen LogP contribution in [-0.4, -0.2) is 23.8 Å². The maximum atomic E-state index is 13.7.